The van der Waals surface area contributed by atoms with E-state index in [0.717, 1.165) is 26.1 Å². The summed E-state index contributed by atoms with van der Waals surface area (Å²) >= 11 is 1.07. The molecule has 0 saturated heterocycles. The monoisotopic (exact) mass is 273 g/mol. The van der Waals surface area contributed by atoms with Crippen molar-refractivity contribution < 1.29 is 26.1 Å². The zero-order chi connectivity index (χ0) is 4.83. The molecule has 0 bridgehead atoms. The minimum atomic E-state index is 1.07. The van der Waals surface area contributed by atoms with Crippen molar-refractivity contribution in [3.8, 4) is 0 Å². The second-order valence-corrected chi connectivity index (χ2v) is 4.31. The van der Waals surface area contributed by atoms with Crippen LogP contribution in [0, 0.1) is 0 Å². The summed E-state index contributed by atoms with van der Waals surface area (Å²) in [5, 5.41) is 0. The molecule has 0 nitrogen and oxygen atoms in total. The number of hydrogen-bond acceptors (Lipinski definition) is 0. The van der Waals surface area contributed by atoms with Crippen LogP contribution in [0.15, 0.2) is 0 Å². The van der Waals surface area contributed by atoms with E-state index in [1.54, 1.807) is 3.93 Å². The van der Waals surface area contributed by atoms with Crippen molar-refractivity contribution in [1.82, 2.24) is 0 Å². The molecule has 0 rings (SSSR count). The zero-order valence-corrected chi connectivity index (χ0v) is 10.0. The first-order valence-electron chi connectivity index (χ1n) is 2.71. The van der Waals surface area contributed by atoms with Crippen molar-refractivity contribution >= 4 is 0 Å². The maximum absolute atomic E-state index is 2.25. The van der Waals surface area contributed by atoms with Crippen molar-refractivity contribution in [2.75, 3.05) is 0 Å². The van der Waals surface area contributed by atoms with E-state index in [1.165, 1.54) is 19.3 Å². The van der Waals surface area contributed by atoms with Crippen LogP contribution in [-0.4, -0.2) is 0 Å². The molecule has 6 heavy (non-hydrogen) atoms. The van der Waals surface area contributed by atoms with E-state index in [9.17, 15) is 0 Å². The van der Waals surface area contributed by atoms with Gasteiger partial charge in [0.2, 0.25) is 0 Å². The summed E-state index contributed by atoms with van der Waals surface area (Å²) < 4.78 is 1.55. The van der Waals surface area contributed by atoms with Gasteiger partial charge in [-0.1, -0.05) is 0 Å². The van der Waals surface area contributed by atoms with Crippen molar-refractivity contribution in [3.05, 3.63) is 0 Å². The van der Waals surface area contributed by atoms with Crippen LogP contribution in [0.25, 0.3) is 0 Å². The quantitative estimate of drug-likeness (QED) is 0.545. The predicted molar refractivity (Wildman–Crippen MR) is 24.3 cm³/mol. The molecular formula is C5H11Hg+. The summed E-state index contributed by atoms with van der Waals surface area (Å²) in [6.45, 7) is 2.25. The molecule has 32 valence electrons. The standard InChI is InChI=1S/C5H11.Hg/c1-3-5-4-2;/h1,3-5H2,2H3;/q;+1. The first-order chi connectivity index (χ1) is 2.91. The Balaban J connectivity index is 2.34. The Bertz CT molecular complexity index is 15.9. The van der Waals surface area contributed by atoms with Crippen LogP contribution in [-0.2, 0) is 26.1 Å². The predicted octanol–water partition coefficient (Wildman–Crippen LogP) is 2.14. The van der Waals surface area contributed by atoms with E-state index in [-0.39, 0.29) is 0 Å². The molecule has 0 aliphatic heterocycles. The van der Waals surface area contributed by atoms with Gasteiger partial charge in [0.05, 0.1) is 0 Å². The molecule has 0 heterocycles. The van der Waals surface area contributed by atoms with Crippen LogP contribution in [0.2, 0.25) is 3.93 Å². The Morgan fingerprint density at radius 1 is 1.33 bits per heavy atom. The van der Waals surface area contributed by atoms with Crippen LogP contribution in [0.3, 0.4) is 0 Å². The van der Waals surface area contributed by atoms with Crippen LogP contribution < -0.4 is 0 Å². The van der Waals surface area contributed by atoms with Gasteiger partial charge in [-0.05, 0) is 0 Å². The number of rotatable bonds is 3. The van der Waals surface area contributed by atoms with E-state index >= 15 is 0 Å². The molecule has 0 aromatic carbocycles. The second kappa shape index (κ2) is 5.94. The van der Waals surface area contributed by atoms with Crippen LogP contribution in [0.4, 0.5) is 0 Å². The summed E-state index contributed by atoms with van der Waals surface area (Å²) in [5.74, 6) is 0. The summed E-state index contributed by atoms with van der Waals surface area (Å²) in [7, 11) is 0. The molecule has 0 aliphatic carbocycles. The van der Waals surface area contributed by atoms with E-state index in [2.05, 4.69) is 6.92 Å². The van der Waals surface area contributed by atoms with E-state index in [0.29, 0.717) is 0 Å². The molecular weight excluding hydrogens is 261 g/mol. The molecule has 0 fully saturated rings. The van der Waals surface area contributed by atoms with Crippen molar-refractivity contribution in [2.45, 2.75) is 30.1 Å². The van der Waals surface area contributed by atoms with Crippen molar-refractivity contribution in [1.29, 1.82) is 0 Å². The van der Waals surface area contributed by atoms with Gasteiger partial charge in [0.25, 0.3) is 0 Å². The van der Waals surface area contributed by atoms with Gasteiger partial charge >= 0.3 is 56.2 Å². The van der Waals surface area contributed by atoms with Gasteiger partial charge in [0.1, 0.15) is 0 Å². The van der Waals surface area contributed by atoms with Crippen LogP contribution in [0.5, 0.6) is 0 Å². The fraction of sp³-hybridized carbons (Fsp3) is 1.00. The summed E-state index contributed by atoms with van der Waals surface area (Å²) in [6.07, 6.45) is 4.35. The van der Waals surface area contributed by atoms with Gasteiger partial charge in [-0.2, -0.15) is 0 Å². The van der Waals surface area contributed by atoms with Crippen molar-refractivity contribution in [3.63, 3.8) is 0 Å². The normalized spacial score (nSPS) is 9.17. The molecule has 0 amide bonds. The van der Waals surface area contributed by atoms with E-state index in [4.69, 9.17) is 0 Å². The first-order valence-corrected chi connectivity index (χ1v) is 6.59. The van der Waals surface area contributed by atoms with Gasteiger partial charge in [-0.25, -0.2) is 0 Å². The molecule has 0 saturated carbocycles. The van der Waals surface area contributed by atoms with Gasteiger partial charge < -0.3 is 0 Å². The number of hydrogen-bond donors (Lipinski definition) is 0. The maximum atomic E-state index is 2.25. The Hall–Kier alpha value is 0.935. The third-order valence-corrected chi connectivity index (χ3v) is 2.80. The molecule has 0 unspecified atom stereocenters. The molecule has 0 radical (unpaired) electrons. The fourth-order valence-corrected chi connectivity index (χ4v) is 1.80. The van der Waals surface area contributed by atoms with Crippen LogP contribution >= 0.6 is 0 Å². The van der Waals surface area contributed by atoms with Gasteiger partial charge in [-0.3, -0.25) is 0 Å². The number of unbranched alkanes of at least 4 members (excludes halogenated alkanes) is 2. The van der Waals surface area contributed by atoms with Gasteiger partial charge in [0, 0.05) is 0 Å². The second-order valence-electron chi connectivity index (χ2n) is 1.56. The van der Waals surface area contributed by atoms with Crippen molar-refractivity contribution in [2.24, 2.45) is 0 Å². The molecule has 0 aromatic heterocycles. The molecule has 0 N–H and O–H groups in total. The molecule has 0 aliphatic rings. The Morgan fingerprint density at radius 2 is 2.00 bits per heavy atom. The van der Waals surface area contributed by atoms with Gasteiger partial charge in [0.15, 0.2) is 0 Å². The molecule has 0 aromatic rings. The molecule has 0 atom stereocenters. The topological polar surface area (TPSA) is 0 Å². The average Bonchev–Trinajstić information content (AvgIpc) is 1.61. The third kappa shape index (κ3) is 4.94. The average molecular weight is 272 g/mol. The zero-order valence-electron chi connectivity index (χ0n) is 4.54. The SMILES string of the molecule is CCCC[CH2][Hg+]. The fourth-order valence-electron chi connectivity index (χ4n) is 0.427. The minimum absolute atomic E-state index is 1.07. The van der Waals surface area contributed by atoms with E-state index < -0.39 is 0 Å². The third-order valence-electron chi connectivity index (χ3n) is 0.854. The molecule has 1 heteroatoms. The van der Waals surface area contributed by atoms with Gasteiger partial charge in [-0.15, -0.1) is 0 Å². The first kappa shape index (κ1) is 6.94. The summed E-state index contributed by atoms with van der Waals surface area (Å²) in [4.78, 5) is 0. The van der Waals surface area contributed by atoms with E-state index in [1.807, 2.05) is 0 Å². The summed E-state index contributed by atoms with van der Waals surface area (Å²) in [6, 6.07) is 0. The Kier molecular flexibility index (Phi) is 6.86. The Labute approximate surface area is 56.3 Å². The Morgan fingerprint density at radius 3 is 2.17 bits per heavy atom. The summed E-state index contributed by atoms with van der Waals surface area (Å²) in [5.41, 5.74) is 0. The molecule has 0 spiro atoms. The van der Waals surface area contributed by atoms with Crippen LogP contribution in [0.1, 0.15) is 26.2 Å².